The van der Waals surface area contributed by atoms with E-state index in [0.29, 0.717) is 44.3 Å². The summed E-state index contributed by atoms with van der Waals surface area (Å²) in [6, 6.07) is 19.3. The molecule has 0 fully saturated rings. The summed E-state index contributed by atoms with van der Waals surface area (Å²) < 4.78 is 16.6. The van der Waals surface area contributed by atoms with Gasteiger partial charge in [-0.3, -0.25) is 9.59 Å². The maximum Gasteiger partial charge on any atom is 0.293 e. The third-order valence-electron chi connectivity index (χ3n) is 5.36. The van der Waals surface area contributed by atoms with Crippen LogP contribution in [0.25, 0.3) is 21.9 Å². The molecular weight excluding hydrogens is 456 g/mol. The fourth-order valence-corrected chi connectivity index (χ4v) is 3.96. The van der Waals surface area contributed by atoms with E-state index < -0.39 is 5.91 Å². The van der Waals surface area contributed by atoms with Gasteiger partial charge in [0, 0.05) is 27.0 Å². The maximum absolute atomic E-state index is 13.0. The second-order valence-electron chi connectivity index (χ2n) is 7.61. The van der Waals surface area contributed by atoms with Gasteiger partial charge in [-0.2, -0.15) is 0 Å². The number of hydrogen-bond acceptors (Lipinski definition) is 5. The smallest absolute Gasteiger partial charge is 0.293 e. The molecule has 8 heteroatoms. The number of para-hydroxylation sites is 1. The van der Waals surface area contributed by atoms with Crippen molar-refractivity contribution in [3.8, 4) is 5.75 Å². The molecule has 0 saturated carbocycles. The summed E-state index contributed by atoms with van der Waals surface area (Å²) in [7, 11) is 1.58. The highest BCUT2D eigenvalue weighted by Gasteiger charge is 2.23. The minimum Gasteiger partial charge on any atom is -0.497 e. The Bertz CT molecular complexity index is 1540. The molecule has 0 aliphatic carbocycles. The summed E-state index contributed by atoms with van der Waals surface area (Å²) in [5.74, 6) is -0.175. The number of ether oxygens (including phenoxy) is 1. The van der Waals surface area contributed by atoms with Crippen LogP contribution in [0.15, 0.2) is 81.8 Å². The first-order valence-electron chi connectivity index (χ1n) is 10.4. The second-order valence-corrected chi connectivity index (χ2v) is 8.05. The number of furan rings is 2. The number of carbonyl (C=O) groups excluding carboxylic acids is 2. The molecule has 0 saturated heterocycles. The lowest BCUT2D eigenvalue weighted by Crippen LogP contribution is -2.18. The van der Waals surface area contributed by atoms with Crippen LogP contribution >= 0.6 is 11.6 Å². The molecule has 34 heavy (non-hydrogen) atoms. The van der Waals surface area contributed by atoms with Crippen LogP contribution in [0.2, 0.25) is 5.02 Å². The number of hydrogen-bond donors (Lipinski definition) is 2. The standard InChI is InChI=1S/C26H19ClN2O5/c1-32-18-9-10-21-20(13-18)15(14-33-21)11-23(30)29-24-19-7-2-3-8-22(19)34-25(24)26(31)28-17-6-4-5-16(27)12-17/h2-10,12-14H,11H2,1H3,(H,28,31)(H,29,30). The Balaban J connectivity index is 1.44. The normalized spacial score (nSPS) is 11.0. The molecule has 0 aliphatic heterocycles. The fraction of sp³-hybridized carbons (Fsp3) is 0.0769. The highest BCUT2D eigenvalue weighted by atomic mass is 35.5. The average Bonchev–Trinajstić information content (AvgIpc) is 3.40. The zero-order valence-corrected chi connectivity index (χ0v) is 18.8. The lowest BCUT2D eigenvalue weighted by Gasteiger charge is -2.07. The molecule has 0 spiro atoms. The van der Waals surface area contributed by atoms with Gasteiger partial charge in [-0.15, -0.1) is 0 Å². The van der Waals surface area contributed by atoms with Crippen molar-refractivity contribution in [2.75, 3.05) is 17.7 Å². The van der Waals surface area contributed by atoms with Crippen LogP contribution in [0, 0.1) is 0 Å². The summed E-state index contributed by atoms with van der Waals surface area (Å²) in [5.41, 5.74) is 2.63. The van der Waals surface area contributed by atoms with Crippen LogP contribution in [0.5, 0.6) is 5.75 Å². The van der Waals surface area contributed by atoms with E-state index in [2.05, 4.69) is 10.6 Å². The second kappa shape index (κ2) is 8.96. The van der Waals surface area contributed by atoms with E-state index in [1.807, 2.05) is 12.1 Å². The van der Waals surface area contributed by atoms with Gasteiger partial charge in [-0.05, 0) is 48.5 Å². The fourth-order valence-electron chi connectivity index (χ4n) is 3.76. The monoisotopic (exact) mass is 474 g/mol. The molecule has 0 aliphatic rings. The van der Waals surface area contributed by atoms with Crippen LogP contribution in [0.4, 0.5) is 11.4 Å². The topological polar surface area (TPSA) is 93.7 Å². The minimum atomic E-state index is -0.507. The number of benzene rings is 3. The molecule has 170 valence electrons. The van der Waals surface area contributed by atoms with Crippen LogP contribution < -0.4 is 15.4 Å². The number of amides is 2. The maximum atomic E-state index is 13.0. The molecule has 5 aromatic rings. The van der Waals surface area contributed by atoms with Crippen molar-refractivity contribution in [3.63, 3.8) is 0 Å². The molecule has 7 nitrogen and oxygen atoms in total. The molecule has 2 N–H and O–H groups in total. The van der Waals surface area contributed by atoms with E-state index in [-0.39, 0.29) is 18.1 Å². The van der Waals surface area contributed by atoms with Gasteiger partial charge >= 0.3 is 0 Å². The molecule has 2 amide bonds. The molecule has 2 aromatic heterocycles. The first-order chi connectivity index (χ1) is 16.5. The van der Waals surface area contributed by atoms with Crippen molar-refractivity contribution in [3.05, 3.63) is 89.3 Å². The Hall–Kier alpha value is -4.23. The predicted molar refractivity (Wildman–Crippen MR) is 131 cm³/mol. The molecule has 0 unspecified atom stereocenters. The van der Waals surface area contributed by atoms with Gasteiger partial charge in [0.05, 0.1) is 19.8 Å². The number of anilines is 2. The van der Waals surface area contributed by atoms with E-state index in [1.54, 1.807) is 68.0 Å². The third-order valence-corrected chi connectivity index (χ3v) is 5.60. The van der Waals surface area contributed by atoms with Gasteiger partial charge in [0.15, 0.2) is 0 Å². The predicted octanol–water partition coefficient (Wildman–Crippen LogP) is 6.27. The molecule has 5 rings (SSSR count). The van der Waals surface area contributed by atoms with Gasteiger partial charge in [0.2, 0.25) is 11.7 Å². The summed E-state index contributed by atoms with van der Waals surface area (Å²) in [6.45, 7) is 0. The van der Waals surface area contributed by atoms with Gasteiger partial charge in [0.25, 0.3) is 5.91 Å². The summed E-state index contributed by atoms with van der Waals surface area (Å²) in [4.78, 5) is 26.1. The molecule has 0 atom stereocenters. The van der Waals surface area contributed by atoms with Crippen LogP contribution in [-0.2, 0) is 11.2 Å². The van der Waals surface area contributed by atoms with Gasteiger partial charge in [-0.25, -0.2) is 0 Å². The van der Waals surface area contributed by atoms with Gasteiger partial charge < -0.3 is 24.2 Å². The molecular formula is C26H19ClN2O5. The zero-order chi connectivity index (χ0) is 23.7. The first kappa shape index (κ1) is 21.6. The van der Waals surface area contributed by atoms with Crippen LogP contribution in [-0.4, -0.2) is 18.9 Å². The number of halogens is 1. The average molecular weight is 475 g/mol. The van der Waals surface area contributed by atoms with E-state index in [1.165, 1.54) is 0 Å². The minimum absolute atomic E-state index is 0.00625. The van der Waals surface area contributed by atoms with Crippen LogP contribution in [0.1, 0.15) is 16.1 Å². The van der Waals surface area contributed by atoms with Crippen molar-refractivity contribution in [2.24, 2.45) is 0 Å². The molecule has 3 aromatic carbocycles. The van der Waals surface area contributed by atoms with Gasteiger partial charge in [-0.1, -0.05) is 29.8 Å². The molecule has 2 heterocycles. The van der Waals surface area contributed by atoms with E-state index in [4.69, 9.17) is 25.2 Å². The lowest BCUT2D eigenvalue weighted by molar-refractivity contribution is -0.115. The number of rotatable bonds is 6. The number of carbonyl (C=O) groups is 2. The zero-order valence-electron chi connectivity index (χ0n) is 18.1. The summed E-state index contributed by atoms with van der Waals surface area (Å²) in [6.07, 6.45) is 1.58. The van der Waals surface area contributed by atoms with Crippen LogP contribution in [0.3, 0.4) is 0 Å². The summed E-state index contributed by atoms with van der Waals surface area (Å²) >= 11 is 6.02. The van der Waals surface area contributed by atoms with Crippen molar-refractivity contribution in [1.82, 2.24) is 0 Å². The highest BCUT2D eigenvalue weighted by molar-refractivity contribution is 6.31. The Morgan fingerprint density at radius 3 is 2.62 bits per heavy atom. The van der Waals surface area contributed by atoms with E-state index in [9.17, 15) is 9.59 Å². The van der Waals surface area contributed by atoms with E-state index in [0.717, 1.165) is 5.39 Å². The summed E-state index contributed by atoms with van der Waals surface area (Å²) in [5, 5.41) is 7.49. The Kier molecular flexibility index (Phi) is 5.69. The quantitative estimate of drug-likeness (QED) is 0.302. The van der Waals surface area contributed by atoms with Gasteiger partial charge in [0.1, 0.15) is 22.6 Å². The van der Waals surface area contributed by atoms with Crippen molar-refractivity contribution < 1.29 is 23.2 Å². The SMILES string of the molecule is COc1ccc2occ(CC(=O)Nc3c(C(=O)Nc4cccc(Cl)c4)oc4ccccc34)c2c1. The largest absolute Gasteiger partial charge is 0.497 e. The lowest BCUT2D eigenvalue weighted by atomic mass is 10.1. The third kappa shape index (κ3) is 4.21. The van der Waals surface area contributed by atoms with Crippen molar-refractivity contribution in [1.29, 1.82) is 0 Å². The number of fused-ring (bicyclic) bond motifs is 2. The Morgan fingerprint density at radius 2 is 1.79 bits per heavy atom. The van der Waals surface area contributed by atoms with Crippen molar-refractivity contribution >= 4 is 56.7 Å². The number of methoxy groups -OCH3 is 1. The van der Waals surface area contributed by atoms with E-state index >= 15 is 0 Å². The Labute approximate surface area is 199 Å². The molecule has 0 bridgehead atoms. The molecule has 0 radical (unpaired) electrons. The van der Waals surface area contributed by atoms with Crippen molar-refractivity contribution in [2.45, 2.75) is 6.42 Å². The number of nitrogens with one attached hydrogen (secondary N) is 2. The Morgan fingerprint density at radius 1 is 0.941 bits per heavy atom. The first-order valence-corrected chi connectivity index (χ1v) is 10.8. The highest BCUT2D eigenvalue weighted by Crippen LogP contribution is 2.32.